The van der Waals surface area contributed by atoms with E-state index in [-0.39, 0.29) is 23.7 Å². The van der Waals surface area contributed by atoms with Crippen LogP contribution in [-0.2, 0) is 14.8 Å². The van der Waals surface area contributed by atoms with Gasteiger partial charge in [0.05, 0.1) is 10.9 Å². The Morgan fingerprint density at radius 3 is 2.12 bits per heavy atom. The number of halogens is 1. The van der Waals surface area contributed by atoms with Gasteiger partial charge in [-0.3, -0.25) is 4.79 Å². The van der Waals surface area contributed by atoms with Crippen molar-refractivity contribution in [1.29, 1.82) is 0 Å². The van der Waals surface area contributed by atoms with Gasteiger partial charge in [-0.25, -0.2) is 8.42 Å². The van der Waals surface area contributed by atoms with Gasteiger partial charge in [0.25, 0.3) is 0 Å². The first-order valence-corrected chi connectivity index (χ1v) is 10.3. The molecule has 2 N–H and O–H groups in total. The van der Waals surface area contributed by atoms with Crippen LogP contribution in [0.15, 0.2) is 11.0 Å². The van der Waals surface area contributed by atoms with Gasteiger partial charge in [-0.2, -0.15) is 4.31 Å². The Kier molecular flexibility index (Phi) is 7.09. The lowest BCUT2D eigenvalue weighted by molar-refractivity contribution is -0.136. The Morgan fingerprint density at radius 2 is 1.72 bits per heavy atom. The van der Waals surface area contributed by atoms with Crippen LogP contribution >= 0.6 is 23.7 Å². The van der Waals surface area contributed by atoms with Crippen molar-refractivity contribution in [3.05, 3.63) is 15.8 Å². The number of piperazine rings is 1. The van der Waals surface area contributed by atoms with Gasteiger partial charge >= 0.3 is 0 Å². The third-order valence-electron chi connectivity index (χ3n) is 4.36. The lowest BCUT2D eigenvalue weighted by atomic mass is 9.86. The lowest BCUT2D eigenvalue weighted by Gasteiger charge is -2.37. The number of hydrogen-bond acceptors (Lipinski definition) is 5. The van der Waals surface area contributed by atoms with E-state index in [9.17, 15) is 13.2 Å². The second-order valence-electron chi connectivity index (χ2n) is 7.35. The lowest BCUT2D eigenvalue weighted by Crippen LogP contribution is -2.56. The summed E-state index contributed by atoms with van der Waals surface area (Å²) >= 11 is 1.49. The van der Waals surface area contributed by atoms with Gasteiger partial charge in [0.2, 0.25) is 15.9 Å². The molecule has 1 atom stereocenters. The van der Waals surface area contributed by atoms with Crippen molar-refractivity contribution in [2.24, 2.45) is 11.1 Å². The maximum Gasteiger partial charge on any atom is 0.244 e. The highest BCUT2D eigenvalue weighted by Crippen LogP contribution is 2.28. The molecule has 1 amide bonds. The predicted molar refractivity (Wildman–Crippen MR) is 104 cm³/mol. The van der Waals surface area contributed by atoms with Gasteiger partial charge in [-0.15, -0.1) is 23.7 Å². The highest BCUT2D eigenvalue weighted by atomic mass is 35.5. The number of carbonyl (C=O) groups is 1. The van der Waals surface area contributed by atoms with E-state index < -0.39 is 16.1 Å². The predicted octanol–water partition coefficient (Wildman–Crippen LogP) is 1.99. The first kappa shape index (κ1) is 22.4. The molecule has 0 aromatic carbocycles. The Balaban J connectivity index is 0.00000312. The number of hydrogen-bond donors (Lipinski definition) is 1. The van der Waals surface area contributed by atoms with Gasteiger partial charge in [0, 0.05) is 35.9 Å². The van der Waals surface area contributed by atoms with Gasteiger partial charge in [-0.05, 0) is 25.3 Å². The van der Waals surface area contributed by atoms with Crippen LogP contribution in [0, 0.1) is 19.3 Å². The molecule has 2 heterocycles. The van der Waals surface area contributed by atoms with Crippen LogP contribution in [0.4, 0.5) is 0 Å². The summed E-state index contributed by atoms with van der Waals surface area (Å²) in [6.45, 7) is 10.9. The van der Waals surface area contributed by atoms with E-state index in [1.54, 1.807) is 11.0 Å². The Labute approximate surface area is 160 Å². The van der Waals surface area contributed by atoms with Crippen molar-refractivity contribution in [3.8, 4) is 0 Å². The molecular weight excluding hydrogens is 382 g/mol. The summed E-state index contributed by atoms with van der Waals surface area (Å²) in [7, 11) is -3.50. The van der Waals surface area contributed by atoms with Crippen molar-refractivity contribution in [2.75, 3.05) is 26.2 Å². The fourth-order valence-electron chi connectivity index (χ4n) is 2.72. The van der Waals surface area contributed by atoms with Crippen LogP contribution < -0.4 is 5.73 Å². The molecule has 6 nitrogen and oxygen atoms in total. The van der Waals surface area contributed by atoms with Crippen LogP contribution in [-0.4, -0.2) is 55.8 Å². The Bertz CT molecular complexity index is 717. The average Bonchev–Trinajstić information content (AvgIpc) is 2.84. The number of aryl methyl sites for hydroxylation is 2. The topological polar surface area (TPSA) is 83.7 Å². The normalized spacial score (nSPS) is 17.9. The zero-order chi connectivity index (χ0) is 18.3. The van der Waals surface area contributed by atoms with Crippen LogP contribution in [0.3, 0.4) is 0 Å². The summed E-state index contributed by atoms with van der Waals surface area (Å²) in [5.41, 5.74) is 5.72. The number of rotatable bonds is 3. The molecule has 0 aliphatic carbocycles. The van der Waals surface area contributed by atoms with Crippen LogP contribution in [0.1, 0.15) is 30.5 Å². The molecule has 1 saturated heterocycles. The summed E-state index contributed by atoms with van der Waals surface area (Å²) in [4.78, 5) is 16.3. The third-order valence-corrected chi connectivity index (χ3v) is 7.48. The van der Waals surface area contributed by atoms with Gasteiger partial charge in [0.15, 0.2) is 0 Å². The highest BCUT2D eigenvalue weighted by molar-refractivity contribution is 7.89. The summed E-state index contributed by atoms with van der Waals surface area (Å²) in [6.07, 6.45) is 0. The van der Waals surface area contributed by atoms with E-state index in [4.69, 9.17) is 5.73 Å². The molecule has 0 unspecified atom stereocenters. The van der Waals surface area contributed by atoms with E-state index in [2.05, 4.69) is 0 Å². The molecule has 1 aromatic rings. The molecule has 144 valence electrons. The minimum Gasteiger partial charge on any atom is -0.339 e. The first-order valence-electron chi connectivity index (χ1n) is 8.06. The minimum absolute atomic E-state index is 0. The molecular formula is C16H28ClN3O3S2. The van der Waals surface area contributed by atoms with Crippen molar-refractivity contribution < 1.29 is 13.2 Å². The van der Waals surface area contributed by atoms with Gasteiger partial charge < -0.3 is 10.6 Å². The van der Waals surface area contributed by atoms with Crippen molar-refractivity contribution >= 4 is 39.7 Å². The third kappa shape index (κ3) is 4.74. The number of amides is 1. The summed E-state index contributed by atoms with van der Waals surface area (Å²) in [6, 6.07) is 1.14. The number of thiophene rings is 1. The van der Waals surface area contributed by atoms with Crippen LogP contribution in [0.25, 0.3) is 0 Å². The van der Waals surface area contributed by atoms with Crippen molar-refractivity contribution in [2.45, 2.75) is 45.6 Å². The first-order chi connectivity index (χ1) is 10.9. The minimum atomic E-state index is -3.50. The molecule has 1 fully saturated rings. The largest absolute Gasteiger partial charge is 0.339 e. The Hall–Kier alpha value is -0.670. The van der Waals surface area contributed by atoms with E-state index in [0.29, 0.717) is 31.1 Å². The number of nitrogens with zero attached hydrogens (tertiary/aromatic N) is 2. The highest BCUT2D eigenvalue weighted by Gasteiger charge is 2.35. The second kappa shape index (κ2) is 7.92. The summed E-state index contributed by atoms with van der Waals surface area (Å²) < 4.78 is 27.1. The summed E-state index contributed by atoms with van der Waals surface area (Å²) in [5, 5.41) is 0. The number of sulfonamides is 1. The fraction of sp³-hybridized carbons (Fsp3) is 0.688. The standard InChI is InChI=1S/C16H27N3O3S2.ClH/c1-11-10-13(12(2)23-11)24(21,22)19-8-6-18(7-9-19)15(20)14(17)16(3,4)5;/h10,14H,6-9,17H2,1-5H3;1H/t14-;/m1./s1. The van der Waals surface area contributed by atoms with Gasteiger partial charge in [0.1, 0.15) is 0 Å². The van der Waals surface area contributed by atoms with E-state index >= 15 is 0 Å². The molecule has 25 heavy (non-hydrogen) atoms. The monoisotopic (exact) mass is 409 g/mol. The van der Waals surface area contributed by atoms with E-state index in [1.807, 2.05) is 34.6 Å². The number of carbonyl (C=O) groups excluding carboxylic acids is 1. The molecule has 1 aliphatic rings. The molecule has 1 aliphatic heterocycles. The molecule has 9 heteroatoms. The quantitative estimate of drug-likeness (QED) is 0.827. The van der Waals surface area contributed by atoms with Crippen molar-refractivity contribution in [1.82, 2.24) is 9.21 Å². The molecule has 2 rings (SSSR count). The second-order valence-corrected chi connectivity index (χ2v) is 10.7. The smallest absolute Gasteiger partial charge is 0.244 e. The maximum atomic E-state index is 12.8. The SMILES string of the molecule is Cc1cc(S(=O)(=O)N2CCN(C(=O)[C@@H](N)C(C)(C)C)CC2)c(C)s1.Cl. The molecule has 1 aromatic heterocycles. The average molecular weight is 410 g/mol. The molecule has 0 spiro atoms. The number of nitrogens with two attached hydrogens (primary N) is 1. The summed E-state index contributed by atoms with van der Waals surface area (Å²) in [5.74, 6) is -0.109. The molecule has 0 bridgehead atoms. The molecule has 0 radical (unpaired) electrons. The zero-order valence-corrected chi connectivity index (χ0v) is 17.9. The van der Waals surface area contributed by atoms with E-state index in [1.165, 1.54) is 15.6 Å². The zero-order valence-electron chi connectivity index (χ0n) is 15.4. The maximum absolute atomic E-state index is 12.8. The van der Waals surface area contributed by atoms with E-state index in [0.717, 1.165) is 9.75 Å². The Morgan fingerprint density at radius 1 is 1.20 bits per heavy atom. The van der Waals surface area contributed by atoms with Crippen LogP contribution in [0.5, 0.6) is 0 Å². The van der Waals surface area contributed by atoms with Gasteiger partial charge in [-0.1, -0.05) is 20.8 Å². The fourth-order valence-corrected chi connectivity index (χ4v) is 5.66. The molecule has 0 saturated carbocycles. The van der Waals surface area contributed by atoms with Crippen molar-refractivity contribution in [3.63, 3.8) is 0 Å². The van der Waals surface area contributed by atoms with Crippen LogP contribution in [0.2, 0.25) is 0 Å².